The van der Waals surface area contributed by atoms with Gasteiger partial charge in [-0.05, 0) is 53.8 Å². The van der Waals surface area contributed by atoms with E-state index in [0.29, 0.717) is 25.8 Å². The van der Waals surface area contributed by atoms with Crippen molar-refractivity contribution in [1.29, 1.82) is 0 Å². The smallest absolute Gasteiger partial charge is 0.410 e. The highest BCUT2D eigenvalue weighted by Crippen LogP contribution is 2.18. The van der Waals surface area contributed by atoms with Gasteiger partial charge in [0, 0.05) is 38.8 Å². The topological polar surface area (TPSA) is 74.8 Å². The van der Waals surface area contributed by atoms with Gasteiger partial charge in [0.05, 0.1) is 25.9 Å². The molecule has 0 aromatic rings. The van der Waals surface area contributed by atoms with Gasteiger partial charge < -0.3 is 24.0 Å². The second-order valence-corrected chi connectivity index (χ2v) is 9.87. The summed E-state index contributed by atoms with van der Waals surface area (Å²) in [6.07, 6.45) is 2.07. The van der Waals surface area contributed by atoms with Gasteiger partial charge in [0.25, 0.3) is 0 Å². The summed E-state index contributed by atoms with van der Waals surface area (Å²) < 4.78 is 16.7. The molecule has 9 nitrogen and oxygen atoms in total. The van der Waals surface area contributed by atoms with Gasteiger partial charge in [-0.2, -0.15) is 0 Å². The number of carbonyl (C=O) groups excluding carboxylic acids is 2. The van der Waals surface area contributed by atoms with E-state index < -0.39 is 5.60 Å². The number of hydrogen-bond acceptors (Lipinski definition) is 7. The second-order valence-electron chi connectivity index (χ2n) is 9.87. The number of rotatable bonds is 5. The highest BCUT2D eigenvalue weighted by Gasteiger charge is 2.32. The van der Waals surface area contributed by atoms with Crippen LogP contribution in [0.2, 0.25) is 0 Å². The van der Waals surface area contributed by atoms with E-state index in [1.54, 1.807) is 4.90 Å². The third kappa shape index (κ3) is 7.30. The summed E-state index contributed by atoms with van der Waals surface area (Å²) >= 11 is 0. The lowest BCUT2D eigenvalue weighted by Crippen LogP contribution is -2.55. The Labute approximate surface area is 186 Å². The van der Waals surface area contributed by atoms with Crippen molar-refractivity contribution in [3.8, 4) is 0 Å². The van der Waals surface area contributed by atoms with Crippen LogP contribution < -0.4 is 0 Å². The molecule has 0 aliphatic carbocycles. The number of morpholine rings is 1. The molecular formula is C22H40N4O5. The minimum atomic E-state index is -0.549. The van der Waals surface area contributed by atoms with Gasteiger partial charge in [-0.1, -0.05) is 0 Å². The lowest BCUT2D eigenvalue weighted by atomic mass is 10.0. The zero-order valence-electron chi connectivity index (χ0n) is 19.7. The van der Waals surface area contributed by atoms with Crippen molar-refractivity contribution < 1.29 is 23.8 Å². The van der Waals surface area contributed by atoms with Crippen molar-refractivity contribution in [2.24, 2.45) is 0 Å². The number of carbonyl (C=O) groups is 2. The molecule has 0 spiro atoms. The van der Waals surface area contributed by atoms with Gasteiger partial charge >= 0.3 is 6.09 Å². The van der Waals surface area contributed by atoms with Crippen LogP contribution in [-0.2, 0) is 19.0 Å². The lowest BCUT2D eigenvalue weighted by molar-refractivity contribution is -0.139. The van der Waals surface area contributed by atoms with Gasteiger partial charge in [0.2, 0.25) is 5.91 Å². The van der Waals surface area contributed by atoms with Crippen LogP contribution in [0.4, 0.5) is 4.79 Å². The molecule has 0 aromatic carbocycles. The molecule has 31 heavy (non-hydrogen) atoms. The van der Waals surface area contributed by atoms with Crippen molar-refractivity contribution in [3.05, 3.63) is 0 Å². The molecule has 3 aliphatic rings. The summed E-state index contributed by atoms with van der Waals surface area (Å²) in [5.74, 6) is 0.0172. The van der Waals surface area contributed by atoms with Crippen LogP contribution in [0.3, 0.4) is 0 Å². The summed E-state index contributed by atoms with van der Waals surface area (Å²) in [6, 6.07) is 0.410. The van der Waals surface area contributed by atoms with Crippen molar-refractivity contribution in [2.75, 3.05) is 79.3 Å². The fourth-order valence-electron chi connectivity index (χ4n) is 4.42. The molecule has 0 N–H and O–H groups in total. The van der Waals surface area contributed by atoms with E-state index in [9.17, 15) is 9.59 Å². The van der Waals surface area contributed by atoms with Crippen LogP contribution in [0.15, 0.2) is 0 Å². The van der Waals surface area contributed by atoms with Gasteiger partial charge in [-0.15, -0.1) is 0 Å². The van der Waals surface area contributed by atoms with Crippen LogP contribution in [0.5, 0.6) is 0 Å². The number of nitrogens with zero attached hydrogens (tertiary/aromatic N) is 4. The molecular weight excluding hydrogens is 400 g/mol. The van der Waals surface area contributed by atoms with E-state index in [4.69, 9.17) is 14.2 Å². The third-order valence-corrected chi connectivity index (χ3v) is 6.26. The number of piperazine rings is 1. The Bertz CT molecular complexity index is 595. The summed E-state index contributed by atoms with van der Waals surface area (Å²) in [5, 5.41) is 0. The first-order chi connectivity index (χ1) is 14.7. The second kappa shape index (κ2) is 10.9. The molecule has 3 rings (SSSR count). The first kappa shape index (κ1) is 24.2. The number of hydrogen-bond donors (Lipinski definition) is 0. The van der Waals surface area contributed by atoms with Gasteiger partial charge in [-0.25, -0.2) is 4.79 Å². The number of piperidine rings is 1. The van der Waals surface area contributed by atoms with E-state index in [1.165, 1.54) is 12.8 Å². The van der Waals surface area contributed by atoms with E-state index in [1.807, 2.05) is 25.7 Å². The predicted octanol–water partition coefficient (Wildman–Crippen LogP) is 0.877. The highest BCUT2D eigenvalue weighted by molar-refractivity contribution is 5.77. The third-order valence-electron chi connectivity index (χ3n) is 6.26. The van der Waals surface area contributed by atoms with Gasteiger partial charge in [-0.3, -0.25) is 14.6 Å². The molecule has 1 unspecified atom stereocenters. The van der Waals surface area contributed by atoms with Gasteiger partial charge in [0.15, 0.2) is 0 Å². The molecule has 0 aromatic heterocycles. The van der Waals surface area contributed by atoms with Crippen molar-refractivity contribution in [2.45, 2.75) is 51.3 Å². The Kier molecular flexibility index (Phi) is 8.55. The first-order valence-electron chi connectivity index (χ1n) is 11.6. The Morgan fingerprint density at radius 1 is 1.00 bits per heavy atom. The molecule has 3 fully saturated rings. The summed E-state index contributed by atoms with van der Waals surface area (Å²) in [7, 11) is 2.18. The SMILES string of the molecule is CN1CCC(N2CCN(C(=O)COCC3COCCN3C(=O)OC(C)(C)C)CC2)CC1. The maximum absolute atomic E-state index is 12.6. The normalized spacial score (nSPS) is 25.0. The quantitative estimate of drug-likeness (QED) is 0.628. The van der Waals surface area contributed by atoms with Crippen LogP contribution in [0, 0.1) is 0 Å². The van der Waals surface area contributed by atoms with Crippen molar-refractivity contribution in [3.63, 3.8) is 0 Å². The van der Waals surface area contributed by atoms with Gasteiger partial charge in [0.1, 0.15) is 12.2 Å². The minimum absolute atomic E-state index is 0.0172. The molecule has 9 heteroatoms. The zero-order valence-corrected chi connectivity index (χ0v) is 19.7. The molecule has 3 heterocycles. The maximum Gasteiger partial charge on any atom is 0.410 e. The van der Waals surface area contributed by atoms with E-state index >= 15 is 0 Å². The molecule has 3 saturated heterocycles. The minimum Gasteiger partial charge on any atom is -0.444 e. The van der Waals surface area contributed by atoms with E-state index in [0.717, 1.165) is 39.3 Å². The zero-order chi connectivity index (χ0) is 22.4. The molecule has 2 amide bonds. The number of likely N-dealkylation sites (tertiary alicyclic amines) is 1. The van der Waals surface area contributed by atoms with Crippen molar-refractivity contribution >= 4 is 12.0 Å². The number of amides is 2. The maximum atomic E-state index is 12.6. The van der Waals surface area contributed by atoms with Crippen LogP contribution >= 0.6 is 0 Å². The summed E-state index contributed by atoms with van der Waals surface area (Å²) in [6.45, 7) is 12.9. The standard InChI is InChI=1S/C22H40N4O5/c1-22(2,3)31-21(28)26-13-14-29-15-19(26)16-30-17-20(27)25-11-9-24(10-12-25)18-5-7-23(4)8-6-18/h18-19H,5-17H2,1-4H3. The van der Waals surface area contributed by atoms with E-state index in [-0.39, 0.29) is 31.3 Å². The van der Waals surface area contributed by atoms with E-state index in [2.05, 4.69) is 16.8 Å². The Morgan fingerprint density at radius 3 is 2.32 bits per heavy atom. The molecule has 1 atom stereocenters. The molecule has 178 valence electrons. The average Bonchev–Trinajstić information content (AvgIpc) is 2.73. The largest absolute Gasteiger partial charge is 0.444 e. The highest BCUT2D eigenvalue weighted by atomic mass is 16.6. The number of ether oxygens (including phenoxy) is 3. The molecule has 0 saturated carbocycles. The fraction of sp³-hybridized carbons (Fsp3) is 0.909. The predicted molar refractivity (Wildman–Crippen MR) is 117 cm³/mol. The lowest BCUT2D eigenvalue weighted by Gasteiger charge is -2.42. The fourth-order valence-corrected chi connectivity index (χ4v) is 4.42. The summed E-state index contributed by atoms with van der Waals surface area (Å²) in [5.41, 5.74) is -0.549. The molecule has 0 radical (unpaired) electrons. The van der Waals surface area contributed by atoms with Crippen LogP contribution in [0.1, 0.15) is 33.6 Å². The van der Waals surface area contributed by atoms with Crippen LogP contribution in [-0.4, -0.2) is 129 Å². The molecule has 0 bridgehead atoms. The Hall–Kier alpha value is -1.42. The molecule has 3 aliphatic heterocycles. The first-order valence-corrected chi connectivity index (χ1v) is 11.6. The summed E-state index contributed by atoms with van der Waals surface area (Å²) in [4.78, 5) is 33.5. The Balaban J connectivity index is 1.38. The monoisotopic (exact) mass is 440 g/mol. The average molecular weight is 441 g/mol. The van der Waals surface area contributed by atoms with Crippen molar-refractivity contribution in [1.82, 2.24) is 19.6 Å². The Morgan fingerprint density at radius 2 is 1.68 bits per heavy atom. The van der Waals surface area contributed by atoms with Crippen LogP contribution in [0.25, 0.3) is 0 Å².